The maximum atomic E-state index is 11.4. The van der Waals surface area contributed by atoms with Crippen LogP contribution in [0.2, 0.25) is 5.02 Å². The van der Waals surface area contributed by atoms with Crippen molar-refractivity contribution in [1.29, 1.82) is 0 Å². The predicted octanol–water partition coefficient (Wildman–Crippen LogP) is 2.02. The van der Waals surface area contributed by atoms with Gasteiger partial charge in [-0.1, -0.05) is 23.7 Å². The summed E-state index contributed by atoms with van der Waals surface area (Å²) in [7, 11) is 0. The molecule has 1 aromatic rings. The van der Waals surface area contributed by atoms with Crippen molar-refractivity contribution in [3.8, 4) is 0 Å². The number of ether oxygens (including phenoxy) is 1. The van der Waals surface area contributed by atoms with Crippen molar-refractivity contribution in [2.24, 2.45) is 0 Å². The Balaban J connectivity index is 2.40. The monoisotopic (exact) mass is 256 g/mol. The first kappa shape index (κ1) is 13.3. The Kier molecular flexibility index (Phi) is 5.29. The van der Waals surface area contributed by atoms with Gasteiger partial charge in [-0.25, -0.2) is 4.79 Å². The summed E-state index contributed by atoms with van der Waals surface area (Å²) in [4.78, 5) is 22.4. The minimum atomic E-state index is -0.508. The summed E-state index contributed by atoms with van der Waals surface area (Å²) in [6.45, 7) is 1.80. The molecule has 1 rings (SSSR count). The minimum Gasteiger partial charge on any atom is -0.465 e. The Hall–Kier alpha value is -1.75. The number of rotatable bonds is 4. The first-order chi connectivity index (χ1) is 8.13. The quantitative estimate of drug-likeness (QED) is 0.810. The van der Waals surface area contributed by atoms with Crippen LogP contribution in [0.4, 0.5) is 10.5 Å². The Morgan fingerprint density at radius 1 is 1.35 bits per heavy atom. The molecule has 17 heavy (non-hydrogen) atoms. The lowest BCUT2D eigenvalue weighted by Gasteiger charge is -2.08. The molecular weight excluding hydrogens is 244 g/mol. The van der Waals surface area contributed by atoms with Gasteiger partial charge in [0.1, 0.15) is 6.54 Å². The third-order valence-corrected chi connectivity index (χ3v) is 2.15. The van der Waals surface area contributed by atoms with Crippen LogP contribution in [0.1, 0.15) is 6.92 Å². The van der Waals surface area contributed by atoms with E-state index in [1.807, 2.05) is 0 Å². The number of esters is 1. The van der Waals surface area contributed by atoms with Crippen molar-refractivity contribution in [3.63, 3.8) is 0 Å². The molecule has 0 bridgehead atoms. The van der Waals surface area contributed by atoms with E-state index in [1.54, 1.807) is 31.2 Å². The van der Waals surface area contributed by atoms with Gasteiger partial charge in [-0.3, -0.25) is 4.79 Å². The molecule has 0 aliphatic carbocycles. The Morgan fingerprint density at radius 3 is 2.71 bits per heavy atom. The number of benzene rings is 1. The lowest BCUT2D eigenvalue weighted by molar-refractivity contribution is -0.141. The van der Waals surface area contributed by atoms with Crippen molar-refractivity contribution in [1.82, 2.24) is 5.32 Å². The number of halogens is 1. The molecule has 0 saturated heterocycles. The highest BCUT2D eigenvalue weighted by molar-refractivity contribution is 6.33. The summed E-state index contributed by atoms with van der Waals surface area (Å²) < 4.78 is 4.66. The van der Waals surface area contributed by atoms with Crippen LogP contribution in [0.25, 0.3) is 0 Å². The Labute approximate surface area is 104 Å². The van der Waals surface area contributed by atoms with Crippen LogP contribution >= 0.6 is 11.6 Å². The maximum absolute atomic E-state index is 11.4. The normalized spacial score (nSPS) is 9.53. The molecule has 0 saturated carbocycles. The highest BCUT2D eigenvalue weighted by Gasteiger charge is 2.07. The van der Waals surface area contributed by atoms with Crippen LogP contribution in [-0.2, 0) is 9.53 Å². The predicted molar refractivity (Wildman–Crippen MR) is 65.1 cm³/mol. The molecular formula is C11H13ClN2O3. The molecule has 0 aliphatic rings. The number of hydrogen-bond donors (Lipinski definition) is 2. The summed E-state index contributed by atoms with van der Waals surface area (Å²) >= 11 is 5.85. The number of urea groups is 1. The average Bonchev–Trinajstić information content (AvgIpc) is 2.30. The van der Waals surface area contributed by atoms with E-state index in [0.29, 0.717) is 10.7 Å². The SMILES string of the molecule is CCOC(=O)CNC(=O)Nc1ccccc1Cl. The standard InChI is InChI=1S/C11H13ClN2O3/c1-2-17-10(15)7-13-11(16)14-9-6-4-3-5-8(9)12/h3-6H,2,7H2,1H3,(H2,13,14,16). The van der Waals surface area contributed by atoms with Gasteiger partial charge in [0.15, 0.2) is 0 Å². The summed E-state index contributed by atoms with van der Waals surface area (Å²) in [6.07, 6.45) is 0. The summed E-state index contributed by atoms with van der Waals surface area (Å²) in [5, 5.41) is 5.31. The molecule has 0 heterocycles. The first-order valence-electron chi connectivity index (χ1n) is 5.08. The largest absolute Gasteiger partial charge is 0.465 e. The van der Waals surface area contributed by atoms with Crippen LogP contribution in [0.15, 0.2) is 24.3 Å². The molecule has 92 valence electrons. The van der Waals surface area contributed by atoms with Crippen molar-refractivity contribution >= 4 is 29.3 Å². The smallest absolute Gasteiger partial charge is 0.325 e. The fraction of sp³-hybridized carbons (Fsp3) is 0.273. The summed E-state index contributed by atoms with van der Waals surface area (Å²) in [5.41, 5.74) is 0.482. The van der Waals surface area contributed by atoms with Gasteiger partial charge in [0, 0.05) is 0 Å². The van der Waals surface area contributed by atoms with Gasteiger partial charge in [0.2, 0.25) is 0 Å². The van der Waals surface area contributed by atoms with Crippen molar-refractivity contribution < 1.29 is 14.3 Å². The van der Waals surface area contributed by atoms with Crippen molar-refractivity contribution in [2.75, 3.05) is 18.5 Å². The van der Waals surface area contributed by atoms with Gasteiger partial charge in [0.25, 0.3) is 0 Å². The molecule has 0 aromatic heterocycles. The van der Waals surface area contributed by atoms with E-state index in [-0.39, 0.29) is 13.2 Å². The fourth-order valence-electron chi connectivity index (χ4n) is 1.09. The number of nitrogens with one attached hydrogen (secondary N) is 2. The lowest BCUT2D eigenvalue weighted by atomic mass is 10.3. The van der Waals surface area contributed by atoms with Gasteiger partial charge < -0.3 is 15.4 Å². The number of para-hydroxylation sites is 1. The number of amides is 2. The van der Waals surface area contributed by atoms with E-state index in [4.69, 9.17) is 11.6 Å². The minimum absolute atomic E-state index is 0.176. The molecule has 0 fully saturated rings. The van der Waals surface area contributed by atoms with E-state index in [0.717, 1.165) is 0 Å². The van der Waals surface area contributed by atoms with Gasteiger partial charge >= 0.3 is 12.0 Å². The first-order valence-corrected chi connectivity index (χ1v) is 5.46. The highest BCUT2D eigenvalue weighted by atomic mass is 35.5. The number of carbonyl (C=O) groups excluding carboxylic acids is 2. The number of carbonyl (C=O) groups is 2. The zero-order valence-corrected chi connectivity index (χ0v) is 10.1. The summed E-state index contributed by atoms with van der Waals surface area (Å²) in [5.74, 6) is -0.484. The molecule has 0 radical (unpaired) electrons. The second kappa shape index (κ2) is 6.75. The second-order valence-electron chi connectivity index (χ2n) is 3.09. The zero-order valence-electron chi connectivity index (χ0n) is 9.33. The zero-order chi connectivity index (χ0) is 12.7. The van der Waals surface area contributed by atoms with Crippen LogP contribution < -0.4 is 10.6 Å². The second-order valence-corrected chi connectivity index (χ2v) is 3.50. The maximum Gasteiger partial charge on any atom is 0.325 e. The van der Waals surface area contributed by atoms with Crippen LogP contribution in [0.5, 0.6) is 0 Å². The van der Waals surface area contributed by atoms with Crippen LogP contribution in [0, 0.1) is 0 Å². The third kappa shape index (κ3) is 4.74. The molecule has 6 heteroatoms. The van der Waals surface area contributed by atoms with Crippen molar-refractivity contribution in [2.45, 2.75) is 6.92 Å². The average molecular weight is 257 g/mol. The van der Waals surface area contributed by atoms with Gasteiger partial charge in [-0.15, -0.1) is 0 Å². The Bertz CT molecular complexity index is 409. The van der Waals surface area contributed by atoms with Crippen LogP contribution in [-0.4, -0.2) is 25.2 Å². The fourth-order valence-corrected chi connectivity index (χ4v) is 1.28. The topological polar surface area (TPSA) is 67.4 Å². The van der Waals surface area contributed by atoms with Gasteiger partial charge in [0.05, 0.1) is 17.3 Å². The van der Waals surface area contributed by atoms with Gasteiger partial charge in [-0.05, 0) is 19.1 Å². The molecule has 0 aliphatic heterocycles. The van der Waals surface area contributed by atoms with E-state index in [1.165, 1.54) is 0 Å². The molecule has 2 N–H and O–H groups in total. The molecule has 2 amide bonds. The molecule has 0 atom stereocenters. The summed E-state index contributed by atoms with van der Waals surface area (Å²) in [6, 6.07) is 6.30. The van der Waals surface area contributed by atoms with E-state index in [2.05, 4.69) is 15.4 Å². The number of hydrogen-bond acceptors (Lipinski definition) is 3. The van der Waals surface area contributed by atoms with Crippen LogP contribution in [0.3, 0.4) is 0 Å². The highest BCUT2D eigenvalue weighted by Crippen LogP contribution is 2.19. The molecule has 5 nitrogen and oxygen atoms in total. The van der Waals surface area contributed by atoms with E-state index in [9.17, 15) is 9.59 Å². The van der Waals surface area contributed by atoms with E-state index >= 15 is 0 Å². The molecule has 0 unspecified atom stereocenters. The lowest BCUT2D eigenvalue weighted by Crippen LogP contribution is -2.34. The Morgan fingerprint density at radius 2 is 2.06 bits per heavy atom. The number of anilines is 1. The third-order valence-electron chi connectivity index (χ3n) is 1.82. The molecule has 0 spiro atoms. The van der Waals surface area contributed by atoms with E-state index < -0.39 is 12.0 Å². The molecule has 1 aromatic carbocycles. The van der Waals surface area contributed by atoms with Gasteiger partial charge in [-0.2, -0.15) is 0 Å². The van der Waals surface area contributed by atoms with Crippen molar-refractivity contribution in [3.05, 3.63) is 29.3 Å².